The van der Waals surface area contributed by atoms with Crippen molar-refractivity contribution in [2.75, 3.05) is 0 Å². The highest BCUT2D eigenvalue weighted by molar-refractivity contribution is 5.84. The molecule has 0 bridgehead atoms. The summed E-state index contributed by atoms with van der Waals surface area (Å²) in [6, 6.07) is 3.34. The number of nitrogens with zero attached hydrogens (tertiary/aromatic N) is 1. The molecule has 1 N–H and O–H groups in total. The van der Waals surface area contributed by atoms with E-state index in [9.17, 15) is 13.6 Å². The van der Waals surface area contributed by atoms with Crippen LogP contribution in [0.3, 0.4) is 0 Å². The van der Waals surface area contributed by atoms with Crippen molar-refractivity contribution in [2.24, 2.45) is 5.92 Å². The topological polar surface area (TPSA) is 32.3 Å². The number of hydrogen-bond donors (Lipinski definition) is 1. The van der Waals surface area contributed by atoms with Crippen molar-refractivity contribution in [1.82, 2.24) is 10.2 Å². The van der Waals surface area contributed by atoms with Gasteiger partial charge in [-0.3, -0.25) is 10.1 Å². The summed E-state index contributed by atoms with van der Waals surface area (Å²) in [6.45, 7) is 3.92. The molecule has 1 aliphatic carbocycles. The molecule has 2 fully saturated rings. The van der Waals surface area contributed by atoms with E-state index < -0.39 is 17.8 Å². The van der Waals surface area contributed by atoms with Gasteiger partial charge in [0.15, 0.2) is 0 Å². The molecule has 2 unspecified atom stereocenters. The van der Waals surface area contributed by atoms with Crippen molar-refractivity contribution < 1.29 is 13.6 Å². The number of rotatable bonds is 2. The predicted molar refractivity (Wildman–Crippen MR) is 70.7 cm³/mol. The first kappa shape index (κ1) is 13.5. The lowest BCUT2D eigenvalue weighted by Crippen LogP contribution is -2.47. The zero-order chi connectivity index (χ0) is 14.4. The van der Waals surface area contributed by atoms with Gasteiger partial charge in [0.2, 0.25) is 5.91 Å². The summed E-state index contributed by atoms with van der Waals surface area (Å²) in [5, 5.41) is 3.11. The van der Waals surface area contributed by atoms with Crippen LogP contribution in [0.25, 0.3) is 0 Å². The quantitative estimate of drug-likeness (QED) is 0.903. The Labute approximate surface area is 117 Å². The van der Waals surface area contributed by atoms with Gasteiger partial charge in [-0.15, -0.1) is 0 Å². The molecular weight excluding hydrogens is 262 g/mol. The number of carbonyl (C=O) groups excluding carboxylic acids is 1. The van der Waals surface area contributed by atoms with E-state index in [1.165, 1.54) is 12.1 Å². The smallest absolute Gasteiger partial charge is 0.241 e. The Kier molecular flexibility index (Phi) is 3.24. The molecule has 1 aromatic rings. The van der Waals surface area contributed by atoms with E-state index in [1.54, 1.807) is 11.8 Å². The minimum atomic E-state index is -0.609. The van der Waals surface area contributed by atoms with Crippen LogP contribution in [0.15, 0.2) is 18.2 Å². The summed E-state index contributed by atoms with van der Waals surface area (Å²) >= 11 is 0. The lowest BCUT2D eigenvalue weighted by Gasteiger charge is -2.42. The summed E-state index contributed by atoms with van der Waals surface area (Å²) in [6.07, 6.45) is 1.40. The molecule has 20 heavy (non-hydrogen) atoms. The summed E-state index contributed by atoms with van der Waals surface area (Å²) in [5.41, 5.74) is 0.337. The Morgan fingerprint density at radius 3 is 2.55 bits per heavy atom. The molecule has 1 aliphatic heterocycles. The minimum absolute atomic E-state index is 0.00405. The standard InChI is InChI=1S/C15H18F2N2O/c1-8-5-11(6-8)19-14(18-9(2)15(19)20)12-4-3-10(16)7-13(12)17/h3-4,7-9,11,14,18H,5-6H2,1-2H3. The van der Waals surface area contributed by atoms with Crippen LogP contribution in [0.5, 0.6) is 0 Å². The first-order chi connectivity index (χ1) is 9.47. The average molecular weight is 280 g/mol. The molecule has 1 heterocycles. The molecule has 3 rings (SSSR count). The van der Waals surface area contributed by atoms with Crippen LogP contribution in [0.1, 0.15) is 38.4 Å². The van der Waals surface area contributed by atoms with E-state index in [4.69, 9.17) is 0 Å². The highest BCUT2D eigenvalue weighted by Gasteiger charge is 2.45. The second-order valence-corrected chi connectivity index (χ2v) is 5.93. The fraction of sp³-hybridized carbons (Fsp3) is 0.533. The number of nitrogens with one attached hydrogen (secondary N) is 1. The summed E-state index contributed by atoms with van der Waals surface area (Å²) in [7, 11) is 0. The van der Waals surface area contributed by atoms with Gasteiger partial charge in [0, 0.05) is 17.7 Å². The first-order valence-electron chi connectivity index (χ1n) is 7.00. The molecule has 0 aromatic heterocycles. The molecule has 108 valence electrons. The zero-order valence-corrected chi connectivity index (χ0v) is 11.6. The van der Waals surface area contributed by atoms with Gasteiger partial charge in [-0.1, -0.05) is 6.92 Å². The van der Waals surface area contributed by atoms with E-state index in [1.807, 2.05) is 0 Å². The third-order valence-electron chi connectivity index (χ3n) is 4.31. The van der Waals surface area contributed by atoms with Gasteiger partial charge in [0.1, 0.15) is 17.8 Å². The SMILES string of the molecule is CC1CC(N2C(=O)C(C)NC2c2ccc(F)cc2F)C1. The van der Waals surface area contributed by atoms with Gasteiger partial charge in [-0.25, -0.2) is 8.78 Å². The third kappa shape index (κ3) is 2.10. The van der Waals surface area contributed by atoms with Crippen LogP contribution >= 0.6 is 0 Å². The van der Waals surface area contributed by atoms with Gasteiger partial charge < -0.3 is 4.90 Å². The maximum Gasteiger partial charge on any atom is 0.241 e. The van der Waals surface area contributed by atoms with Crippen LogP contribution in [0.2, 0.25) is 0 Å². The molecule has 5 heteroatoms. The van der Waals surface area contributed by atoms with E-state index in [0.29, 0.717) is 11.5 Å². The Bertz CT molecular complexity index is 543. The zero-order valence-electron chi connectivity index (χ0n) is 11.6. The Balaban J connectivity index is 1.92. The molecule has 1 saturated carbocycles. The van der Waals surface area contributed by atoms with Gasteiger partial charge >= 0.3 is 0 Å². The molecule has 1 aromatic carbocycles. The Morgan fingerprint density at radius 2 is 1.95 bits per heavy atom. The molecule has 1 amide bonds. The molecule has 2 aliphatic rings. The number of halogens is 2. The van der Waals surface area contributed by atoms with Gasteiger partial charge in [-0.2, -0.15) is 0 Å². The van der Waals surface area contributed by atoms with Crippen molar-refractivity contribution >= 4 is 5.91 Å². The Hall–Kier alpha value is -1.49. The minimum Gasteiger partial charge on any atom is -0.318 e. The van der Waals surface area contributed by atoms with Crippen LogP contribution in [0, 0.1) is 17.6 Å². The van der Waals surface area contributed by atoms with Crippen molar-refractivity contribution in [2.45, 2.75) is 44.9 Å². The second kappa shape index (κ2) is 4.81. The van der Waals surface area contributed by atoms with E-state index in [-0.39, 0.29) is 18.0 Å². The van der Waals surface area contributed by atoms with E-state index >= 15 is 0 Å². The number of amides is 1. The molecular formula is C15H18F2N2O. The normalized spacial score (nSPS) is 33.4. The highest BCUT2D eigenvalue weighted by atomic mass is 19.1. The maximum absolute atomic E-state index is 14.0. The van der Waals surface area contributed by atoms with Gasteiger partial charge in [0.05, 0.1) is 6.04 Å². The van der Waals surface area contributed by atoms with Crippen molar-refractivity contribution in [3.8, 4) is 0 Å². The number of hydrogen-bond acceptors (Lipinski definition) is 2. The monoisotopic (exact) mass is 280 g/mol. The van der Waals surface area contributed by atoms with Gasteiger partial charge in [-0.05, 0) is 37.8 Å². The maximum atomic E-state index is 14.0. The number of benzene rings is 1. The molecule has 0 spiro atoms. The van der Waals surface area contributed by atoms with Crippen molar-refractivity contribution in [3.05, 3.63) is 35.4 Å². The highest BCUT2D eigenvalue weighted by Crippen LogP contribution is 2.38. The molecule has 0 radical (unpaired) electrons. The van der Waals surface area contributed by atoms with Crippen molar-refractivity contribution in [3.63, 3.8) is 0 Å². The lowest BCUT2D eigenvalue weighted by atomic mass is 9.80. The first-order valence-corrected chi connectivity index (χ1v) is 7.00. The lowest BCUT2D eigenvalue weighted by molar-refractivity contribution is -0.134. The second-order valence-electron chi connectivity index (χ2n) is 5.93. The summed E-state index contributed by atoms with van der Waals surface area (Å²) < 4.78 is 27.0. The molecule has 2 atom stereocenters. The average Bonchev–Trinajstić information content (AvgIpc) is 2.62. The van der Waals surface area contributed by atoms with Crippen LogP contribution in [-0.4, -0.2) is 22.9 Å². The van der Waals surface area contributed by atoms with Crippen molar-refractivity contribution in [1.29, 1.82) is 0 Å². The largest absolute Gasteiger partial charge is 0.318 e. The summed E-state index contributed by atoms with van der Waals surface area (Å²) in [4.78, 5) is 14.0. The Morgan fingerprint density at radius 1 is 1.25 bits per heavy atom. The van der Waals surface area contributed by atoms with E-state index in [0.717, 1.165) is 18.9 Å². The van der Waals surface area contributed by atoms with Gasteiger partial charge in [0.25, 0.3) is 0 Å². The molecule has 1 saturated heterocycles. The summed E-state index contributed by atoms with van der Waals surface area (Å²) in [5.74, 6) is -0.618. The third-order valence-corrected chi connectivity index (χ3v) is 4.31. The van der Waals surface area contributed by atoms with Crippen LogP contribution in [-0.2, 0) is 4.79 Å². The predicted octanol–water partition coefficient (Wildman–Crippen LogP) is 2.58. The molecule has 3 nitrogen and oxygen atoms in total. The number of carbonyl (C=O) groups is 1. The fourth-order valence-electron chi connectivity index (χ4n) is 3.18. The van der Waals surface area contributed by atoms with Crippen LogP contribution < -0.4 is 5.32 Å². The van der Waals surface area contributed by atoms with Crippen LogP contribution in [0.4, 0.5) is 8.78 Å². The fourth-order valence-corrected chi connectivity index (χ4v) is 3.18. The van der Waals surface area contributed by atoms with E-state index in [2.05, 4.69) is 12.2 Å².